The van der Waals surface area contributed by atoms with Gasteiger partial charge in [-0.2, -0.15) is 0 Å². The lowest BCUT2D eigenvalue weighted by molar-refractivity contribution is 0.407. The standard InChI is InChI=1S/C17H20INOS/c1-20-15-7-3-2-5-12(15)9-10-19-14-6-4-8-16-13(14)11-17(18)21-16/h2-3,5,7,11,14,19H,4,6,8-10H2,1H3. The van der Waals surface area contributed by atoms with E-state index in [0.29, 0.717) is 6.04 Å². The average molecular weight is 413 g/mol. The number of nitrogens with one attached hydrogen (secondary N) is 1. The van der Waals surface area contributed by atoms with Crippen LogP contribution in [0.2, 0.25) is 0 Å². The first-order valence-electron chi connectivity index (χ1n) is 7.41. The zero-order valence-corrected chi connectivity index (χ0v) is 15.2. The summed E-state index contributed by atoms with van der Waals surface area (Å²) in [5, 5.41) is 3.74. The lowest BCUT2D eigenvalue weighted by Gasteiger charge is -2.24. The monoisotopic (exact) mass is 413 g/mol. The first kappa shape index (κ1) is 15.3. The van der Waals surface area contributed by atoms with Gasteiger partial charge in [0.25, 0.3) is 0 Å². The fourth-order valence-corrected chi connectivity index (χ4v) is 5.14. The predicted octanol–water partition coefficient (Wildman–Crippen LogP) is 4.57. The number of methoxy groups -OCH3 is 1. The molecular formula is C17H20INOS. The molecule has 1 N–H and O–H groups in total. The second kappa shape index (κ2) is 7.11. The molecule has 0 amide bonds. The molecular weight excluding hydrogens is 393 g/mol. The molecule has 2 aromatic rings. The maximum Gasteiger partial charge on any atom is 0.122 e. The molecule has 1 unspecified atom stereocenters. The molecule has 0 radical (unpaired) electrons. The molecule has 1 aliphatic rings. The van der Waals surface area contributed by atoms with Gasteiger partial charge in [0, 0.05) is 10.9 Å². The van der Waals surface area contributed by atoms with Crippen LogP contribution in [0, 0.1) is 2.88 Å². The lowest BCUT2D eigenvalue weighted by atomic mass is 9.94. The molecule has 0 spiro atoms. The fraction of sp³-hybridized carbons (Fsp3) is 0.412. The Bertz CT molecular complexity index is 611. The molecule has 3 rings (SSSR count). The molecule has 21 heavy (non-hydrogen) atoms. The Morgan fingerprint density at radius 3 is 3.10 bits per heavy atom. The highest BCUT2D eigenvalue weighted by Gasteiger charge is 2.22. The van der Waals surface area contributed by atoms with Gasteiger partial charge in [-0.25, -0.2) is 0 Å². The van der Waals surface area contributed by atoms with Gasteiger partial charge in [0.05, 0.1) is 9.99 Å². The van der Waals surface area contributed by atoms with E-state index in [9.17, 15) is 0 Å². The van der Waals surface area contributed by atoms with E-state index in [4.69, 9.17) is 4.74 Å². The topological polar surface area (TPSA) is 21.3 Å². The molecule has 1 atom stereocenters. The zero-order valence-electron chi connectivity index (χ0n) is 12.2. The van der Waals surface area contributed by atoms with Crippen molar-refractivity contribution in [2.75, 3.05) is 13.7 Å². The van der Waals surface area contributed by atoms with Gasteiger partial charge in [0.2, 0.25) is 0 Å². The van der Waals surface area contributed by atoms with Crippen LogP contribution in [-0.2, 0) is 12.8 Å². The first-order chi connectivity index (χ1) is 10.3. The number of rotatable bonds is 5. The molecule has 2 nitrogen and oxygen atoms in total. The Labute approximate surface area is 144 Å². The second-order valence-electron chi connectivity index (χ2n) is 5.39. The number of para-hydroxylation sites is 1. The van der Waals surface area contributed by atoms with Crippen LogP contribution in [0.25, 0.3) is 0 Å². The number of thiophene rings is 1. The number of hydrogen-bond acceptors (Lipinski definition) is 3. The summed E-state index contributed by atoms with van der Waals surface area (Å²) in [6, 6.07) is 11.2. The van der Waals surface area contributed by atoms with E-state index < -0.39 is 0 Å². The number of hydrogen-bond donors (Lipinski definition) is 1. The van der Waals surface area contributed by atoms with E-state index in [-0.39, 0.29) is 0 Å². The van der Waals surface area contributed by atoms with Gasteiger partial charge >= 0.3 is 0 Å². The van der Waals surface area contributed by atoms with Crippen molar-refractivity contribution in [3.8, 4) is 5.75 Å². The van der Waals surface area contributed by atoms with Gasteiger partial charge in [0.15, 0.2) is 0 Å². The van der Waals surface area contributed by atoms with Crippen molar-refractivity contribution in [1.29, 1.82) is 0 Å². The molecule has 0 bridgehead atoms. The molecule has 0 aliphatic heterocycles. The van der Waals surface area contributed by atoms with Gasteiger partial charge in [-0.1, -0.05) is 18.2 Å². The average Bonchev–Trinajstić information content (AvgIpc) is 2.89. The largest absolute Gasteiger partial charge is 0.496 e. The van der Waals surface area contributed by atoms with Crippen molar-refractivity contribution in [3.63, 3.8) is 0 Å². The quantitative estimate of drug-likeness (QED) is 0.726. The summed E-state index contributed by atoms with van der Waals surface area (Å²) in [6.45, 7) is 0.997. The highest BCUT2D eigenvalue weighted by atomic mass is 127. The summed E-state index contributed by atoms with van der Waals surface area (Å²) in [4.78, 5) is 1.58. The molecule has 1 heterocycles. The minimum atomic E-state index is 0.531. The van der Waals surface area contributed by atoms with Crippen molar-refractivity contribution in [2.24, 2.45) is 0 Å². The van der Waals surface area contributed by atoms with Crippen molar-refractivity contribution in [2.45, 2.75) is 31.7 Å². The highest BCUT2D eigenvalue weighted by molar-refractivity contribution is 14.1. The van der Waals surface area contributed by atoms with E-state index >= 15 is 0 Å². The van der Waals surface area contributed by atoms with Gasteiger partial charge in [-0.05, 0) is 78.1 Å². The summed E-state index contributed by atoms with van der Waals surface area (Å²) >= 11 is 4.40. The van der Waals surface area contributed by atoms with E-state index in [2.05, 4.69) is 46.1 Å². The molecule has 0 saturated heterocycles. The van der Waals surface area contributed by atoms with Gasteiger partial charge in [0.1, 0.15) is 5.75 Å². The van der Waals surface area contributed by atoms with Crippen LogP contribution >= 0.6 is 33.9 Å². The van der Waals surface area contributed by atoms with Crippen LogP contribution in [0.5, 0.6) is 5.75 Å². The van der Waals surface area contributed by atoms with E-state index in [1.54, 1.807) is 12.0 Å². The summed E-state index contributed by atoms with van der Waals surface area (Å²) in [5.41, 5.74) is 2.82. The van der Waals surface area contributed by atoms with Crippen molar-refractivity contribution >= 4 is 33.9 Å². The third-order valence-corrected chi connectivity index (χ3v) is 6.03. The second-order valence-corrected chi connectivity index (χ2v) is 8.42. The molecule has 0 saturated carbocycles. The number of fused-ring (bicyclic) bond motifs is 1. The van der Waals surface area contributed by atoms with Gasteiger partial charge < -0.3 is 10.1 Å². The number of benzene rings is 1. The van der Waals surface area contributed by atoms with Gasteiger partial charge in [-0.15, -0.1) is 11.3 Å². The summed E-state index contributed by atoms with van der Waals surface area (Å²) < 4.78 is 6.83. The Hall–Kier alpha value is -0.590. The van der Waals surface area contributed by atoms with E-state index in [1.807, 2.05) is 23.5 Å². The van der Waals surface area contributed by atoms with Crippen LogP contribution in [0.15, 0.2) is 30.3 Å². The molecule has 1 aromatic heterocycles. The maximum absolute atomic E-state index is 5.42. The Morgan fingerprint density at radius 1 is 1.38 bits per heavy atom. The van der Waals surface area contributed by atoms with E-state index in [0.717, 1.165) is 18.7 Å². The fourth-order valence-electron chi connectivity index (χ4n) is 3.02. The summed E-state index contributed by atoms with van der Waals surface area (Å²) in [5.74, 6) is 0.994. The predicted molar refractivity (Wildman–Crippen MR) is 97.4 cm³/mol. The Kier molecular flexibility index (Phi) is 5.19. The maximum atomic E-state index is 5.42. The Balaban J connectivity index is 1.61. The molecule has 4 heteroatoms. The molecule has 112 valence electrons. The highest BCUT2D eigenvalue weighted by Crippen LogP contribution is 2.36. The molecule has 0 fully saturated rings. The minimum absolute atomic E-state index is 0.531. The third-order valence-electron chi connectivity index (χ3n) is 4.06. The summed E-state index contributed by atoms with van der Waals surface area (Å²) in [6.07, 6.45) is 4.83. The first-order valence-corrected chi connectivity index (χ1v) is 9.31. The SMILES string of the molecule is COc1ccccc1CCNC1CCCc2sc(I)cc21. The Morgan fingerprint density at radius 2 is 2.24 bits per heavy atom. The van der Waals surface area contributed by atoms with Crippen LogP contribution in [0.4, 0.5) is 0 Å². The van der Waals surface area contributed by atoms with Crippen LogP contribution < -0.4 is 10.1 Å². The zero-order chi connectivity index (χ0) is 14.7. The third kappa shape index (κ3) is 3.60. The van der Waals surface area contributed by atoms with Crippen molar-refractivity contribution in [1.82, 2.24) is 5.32 Å². The van der Waals surface area contributed by atoms with Crippen LogP contribution in [0.1, 0.15) is 34.9 Å². The van der Waals surface area contributed by atoms with E-state index in [1.165, 1.54) is 33.3 Å². The van der Waals surface area contributed by atoms with Crippen molar-refractivity contribution in [3.05, 3.63) is 49.2 Å². The van der Waals surface area contributed by atoms with Crippen molar-refractivity contribution < 1.29 is 4.74 Å². The lowest BCUT2D eigenvalue weighted by Crippen LogP contribution is -2.26. The smallest absolute Gasteiger partial charge is 0.122 e. The molecule has 1 aliphatic carbocycles. The number of ether oxygens (including phenoxy) is 1. The summed E-state index contributed by atoms with van der Waals surface area (Å²) in [7, 11) is 1.74. The number of halogens is 1. The number of aryl methyl sites for hydroxylation is 1. The van der Waals surface area contributed by atoms with Gasteiger partial charge in [-0.3, -0.25) is 0 Å². The van der Waals surface area contributed by atoms with Crippen LogP contribution in [0.3, 0.4) is 0 Å². The minimum Gasteiger partial charge on any atom is -0.496 e. The molecule has 1 aromatic carbocycles. The van der Waals surface area contributed by atoms with Crippen LogP contribution in [-0.4, -0.2) is 13.7 Å². The normalized spacial score (nSPS) is 17.5.